The Balaban J connectivity index is 1.49. The highest BCUT2D eigenvalue weighted by Gasteiger charge is 2.40. The van der Waals surface area contributed by atoms with Crippen LogP contribution in [0.25, 0.3) is 11.1 Å². The van der Waals surface area contributed by atoms with Crippen LogP contribution in [0.1, 0.15) is 51.0 Å². The molecule has 4 rings (SSSR count). The van der Waals surface area contributed by atoms with Gasteiger partial charge in [0.15, 0.2) is 0 Å². The fraction of sp³-hybridized carbons (Fsp3) is 0.579. The Morgan fingerprint density at radius 2 is 2.03 bits per heavy atom. The number of aromatic amines is 1. The maximum atomic E-state index is 12.5. The third-order valence-electron chi connectivity index (χ3n) is 5.34. The lowest BCUT2D eigenvalue weighted by Crippen LogP contribution is -2.40. The van der Waals surface area contributed by atoms with Gasteiger partial charge in [-0.05, 0) is 31.2 Å². The van der Waals surface area contributed by atoms with E-state index in [1.165, 1.54) is 10.4 Å². The number of piperidine rings is 1. The highest BCUT2D eigenvalue weighted by Crippen LogP contribution is 2.32. The summed E-state index contributed by atoms with van der Waals surface area (Å²) in [4.78, 5) is 36.2. The summed E-state index contributed by atoms with van der Waals surface area (Å²) >= 11 is 0. The molecule has 10 nitrogen and oxygen atoms in total. The SMILES string of the molecule is CCCCc1cc(=O)oc2nc(ON=C3CCN(S(=O)(=O)C4CC4)CC3)[nH]c(=O)c12. The van der Waals surface area contributed by atoms with Crippen molar-refractivity contribution in [1.29, 1.82) is 0 Å². The molecule has 2 aliphatic rings. The first kappa shape index (κ1) is 20.7. The largest absolute Gasteiger partial charge is 0.403 e. The van der Waals surface area contributed by atoms with E-state index in [4.69, 9.17) is 9.25 Å². The summed E-state index contributed by atoms with van der Waals surface area (Å²) < 4.78 is 31.2. The van der Waals surface area contributed by atoms with Crippen LogP contribution in [-0.4, -0.2) is 46.7 Å². The molecule has 1 saturated heterocycles. The Morgan fingerprint density at radius 3 is 2.70 bits per heavy atom. The zero-order chi connectivity index (χ0) is 21.3. The zero-order valence-corrected chi connectivity index (χ0v) is 17.5. The number of rotatable bonds is 7. The highest BCUT2D eigenvalue weighted by molar-refractivity contribution is 7.90. The Kier molecular flexibility index (Phi) is 5.74. The first-order valence-corrected chi connectivity index (χ1v) is 11.7. The standard InChI is InChI=1S/C19H24N4O6S/c1-2-3-4-12-11-15(24)28-18-16(12)17(25)20-19(21-18)29-22-13-7-9-23(10-8-13)30(26,27)14-5-6-14/h11,14H,2-10H2,1H3,(H,20,21,25). The quantitative estimate of drug-likeness (QED) is 0.650. The minimum absolute atomic E-state index is 0.0853. The van der Waals surface area contributed by atoms with E-state index in [-0.39, 0.29) is 22.4 Å². The lowest BCUT2D eigenvalue weighted by molar-refractivity contribution is 0.303. The molecule has 30 heavy (non-hydrogen) atoms. The fourth-order valence-electron chi connectivity index (χ4n) is 3.51. The molecule has 2 aromatic rings. The average molecular weight is 436 g/mol. The second kappa shape index (κ2) is 8.31. The molecule has 0 bridgehead atoms. The van der Waals surface area contributed by atoms with Gasteiger partial charge in [-0.25, -0.2) is 17.5 Å². The van der Waals surface area contributed by atoms with Crippen LogP contribution in [0.4, 0.5) is 0 Å². The second-order valence-corrected chi connectivity index (χ2v) is 9.85. The molecule has 0 atom stereocenters. The van der Waals surface area contributed by atoms with Gasteiger partial charge in [-0.15, -0.1) is 0 Å². The summed E-state index contributed by atoms with van der Waals surface area (Å²) in [5.41, 5.74) is 0.151. The van der Waals surface area contributed by atoms with Gasteiger partial charge in [0.2, 0.25) is 15.7 Å². The van der Waals surface area contributed by atoms with E-state index in [0.29, 0.717) is 43.6 Å². The number of fused-ring (bicyclic) bond motifs is 1. The Labute approximate surface area is 173 Å². The maximum Gasteiger partial charge on any atom is 0.337 e. The zero-order valence-electron chi connectivity index (χ0n) is 16.7. The number of aromatic nitrogens is 2. The molecule has 0 unspecified atom stereocenters. The monoisotopic (exact) mass is 436 g/mol. The maximum absolute atomic E-state index is 12.5. The van der Waals surface area contributed by atoms with E-state index in [0.717, 1.165) is 25.7 Å². The molecule has 1 saturated carbocycles. The van der Waals surface area contributed by atoms with Crippen molar-refractivity contribution in [3.63, 3.8) is 0 Å². The van der Waals surface area contributed by atoms with Gasteiger partial charge in [-0.2, -0.15) is 4.98 Å². The molecular weight excluding hydrogens is 412 g/mol. The van der Waals surface area contributed by atoms with Gasteiger partial charge in [-0.3, -0.25) is 9.78 Å². The van der Waals surface area contributed by atoms with E-state index < -0.39 is 21.2 Å². The number of H-pyrrole nitrogens is 1. The van der Waals surface area contributed by atoms with Gasteiger partial charge in [0.25, 0.3) is 5.56 Å². The number of oxime groups is 1. The number of aryl methyl sites for hydroxylation is 1. The van der Waals surface area contributed by atoms with Crippen molar-refractivity contribution in [2.24, 2.45) is 5.16 Å². The first-order valence-electron chi connectivity index (χ1n) is 10.2. The summed E-state index contributed by atoms with van der Waals surface area (Å²) in [5.74, 6) is 0. The van der Waals surface area contributed by atoms with E-state index in [2.05, 4.69) is 15.1 Å². The minimum Gasteiger partial charge on any atom is -0.403 e. The molecular formula is C19H24N4O6S. The molecule has 162 valence electrons. The normalized spacial score (nSPS) is 18.0. The third kappa shape index (κ3) is 4.31. The van der Waals surface area contributed by atoms with Gasteiger partial charge in [0.05, 0.1) is 11.0 Å². The third-order valence-corrected chi connectivity index (χ3v) is 7.74. The molecule has 2 fully saturated rings. The Morgan fingerprint density at radius 1 is 1.30 bits per heavy atom. The Hall–Kier alpha value is -2.53. The fourth-order valence-corrected chi connectivity index (χ4v) is 5.36. The number of unbranched alkanes of at least 4 members (excludes halogenated alkanes) is 1. The Bertz CT molecular complexity index is 1190. The molecule has 1 N–H and O–H groups in total. The molecule has 1 aliphatic heterocycles. The predicted molar refractivity (Wildman–Crippen MR) is 110 cm³/mol. The van der Waals surface area contributed by atoms with Crippen LogP contribution >= 0.6 is 0 Å². The van der Waals surface area contributed by atoms with Gasteiger partial charge in [0, 0.05) is 32.0 Å². The summed E-state index contributed by atoms with van der Waals surface area (Å²) in [6.45, 7) is 2.74. The lowest BCUT2D eigenvalue weighted by atomic mass is 10.1. The van der Waals surface area contributed by atoms with Crippen molar-refractivity contribution in [3.05, 3.63) is 32.4 Å². The topological polar surface area (TPSA) is 135 Å². The number of nitrogens with one attached hydrogen (secondary N) is 1. The van der Waals surface area contributed by atoms with Crippen molar-refractivity contribution in [1.82, 2.24) is 14.3 Å². The van der Waals surface area contributed by atoms with Crippen LogP contribution in [-0.2, 0) is 16.4 Å². The van der Waals surface area contributed by atoms with Crippen LogP contribution in [0.3, 0.4) is 0 Å². The summed E-state index contributed by atoms with van der Waals surface area (Å²) in [5, 5.41) is 4.03. The van der Waals surface area contributed by atoms with E-state index in [9.17, 15) is 18.0 Å². The van der Waals surface area contributed by atoms with Crippen LogP contribution in [0.2, 0.25) is 0 Å². The number of sulfonamides is 1. The summed E-state index contributed by atoms with van der Waals surface area (Å²) in [6.07, 6.45) is 4.69. The lowest BCUT2D eigenvalue weighted by Gasteiger charge is -2.26. The molecule has 0 spiro atoms. The van der Waals surface area contributed by atoms with Crippen LogP contribution in [0, 0.1) is 0 Å². The van der Waals surface area contributed by atoms with Gasteiger partial charge >= 0.3 is 11.6 Å². The molecule has 11 heteroatoms. The minimum atomic E-state index is -3.19. The van der Waals surface area contributed by atoms with Crippen LogP contribution in [0.15, 0.2) is 25.2 Å². The van der Waals surface area contributed by atoms with Crippen molar-refractivity contribution < 1.29 is 17.7 Å². The van der Waals surface area contributed by atoms with Crippen molar-refractivity contribution in [2.45, 2.75) is 57.1 Å². The molecule has 2 aromatic heterocycles. The van der Waals surface area contributed by atoms with Crippen LogP contribution in [0.5, 0.6) is 6.01 Å². The van der Waals surface area contributed by atoms with Crippen molar-refractivity contribution >= 4 is 26.8 Å². The van der Waals surface area contributed by atoms with E-state index >= 15 is 0 Å². The molecule has 3 heterocycles. The molecule has 0 radical (unpaired) electrons. The smallest absolute Gasteiger partial charge is 0.337 e. The number of nitrogens with zero attached hydrogens (tertiary/aromatic N) is 3. The van der Waals surface area contributed by atoms with Crippen LogP contribution < -0.4 is 16.0 Å². The van der Waals surface area contributed by atoms with E-state index in [1.54, 1.807) is 0 Å². The predicted octanol–water partition coefficient (Wildman–Crippen LogP) is 1.54. The second-order valence-electron chi connectivity index (χ2n) is 7.64. The van der Waals surface area contributed by atoms with E-state index in [1.807, 2.05) is 6.92 Å². The van der Waals surface area contributed by atoms with Gasteiger partial charge in [-0.1, -0.05) is 18.5 Å². The molecule has 1 aliphatic carbocycles. The molecule has 0 amide bonds. The van der Waals surface area contributed by atoms with Gasteiger partial charge in [0.1, 0.15) is 5.39 Å². The number of hydrogen-bond donors (Lipinski definition) is 1. The summed E-state index contributed by atoms with van der Waals surface area (Å²) in [7, 11) is -3.19. The van der Waals surface area contributed by atoms with Crippen molar-refractivity contribution in [2.75, 3.05) is 13.1 Å². The van der Waals surface area contributed by atoms with Crippen molar-refractivity contribution in [3.8, 4) is 6.01 Å². The molecule has 0 aromatic carbocycles. The summed E-state index contributed by atoms with van der Waals surface area (Å²) in [6, 6.07) is 1.14. The highest BCUT2D eigenvalue weighted by atomic mass is 32.2. The first-order chi connectivity index (χ1) is 14.4. The van der Waals surface area contributed by atoms with Gasteiger partial charge < -0.3 is 9.25 Å². The number of hydrogen-bond acceptors (Lipinski definition) is 8. The average Bonchev–Trinajstić information content (AvgIpc) is 3.56.